The van der Waals surface area contributed by atoms with Crippen molar-refractivity contribution in [3.63, 3.8) is 0 Å². The van der Waals surface area contributed by atoms with E-state index in [1.54, 1.807) is 35.7 Å². The summed E-state index contributed by atoms with van der Waals surface area (Å²) in [6, 6.07) is 15.4. The number of nitriles is 1. The number of thiophene rings is 1. The molecular weight excluding hydrogens is 478 g/mol. The third kappa shape index (κ3) is 5.19. The van der Waals surface area contributed by atoms with Gasteiger partial charge in [0.1, 0.15) is 16.8 Å². The molecule has 1 unspecified atom stereocenters. The first-order chi connectivity index (χ1) is 16.2. The maximum atomic E-state index is 13.0. The number of amides is 1. The number of nitrogens with one attached hydrogen (secondary N) is 1. The van der Waals surface area contributed by atoms with Crippen LogP contribution < -0.4 is 14.4 Å². The minimum Gasteiger partial charge on any atom is -0.495 e. The van der Waals surface area contributed by atoms with Crippen molar-refractivity contribution >= 4 is 43.9 Å². The monoisotopic (exact) mass is 499 g/mol. The number of anilines is 2. The van der Waals surface area contributed by atoms with Crippen molar-refractivity contribution in [2.75, 3.05) is 23.8 Å². The van der Waals surface area contributed by atoms with Gasteiger partial charge in [-0.05, 0) is 54.8 Å². The molecule has 34 heavy (non-hydrogen) atoms. The second-order valence-corrected chi connectivity index (χ2v) is 9.87. The molecule has 176 valence electrons. The highest BCUT2D eigenvalue weighted by atomic mass is 32.2. The van der Waals surface area contributed by atoms with Crippen molar-refractivity contribution in [3.8, 4) is 11.8 Å². The molecule has 0 aliphatic carbocycles. The number of carbonyl (C=O) groups is 2. The van der Waals surface area contributed by atoms with Gasteiger partial charge in [0.05, 0.1) is 28.8 Å². The normalized spacial score (nSPS) is 11.7. The molecule has 1 amide bonds. The number of nitrogens with zero attached hydrogens (tertiary/aromatic N) is 2. The lowest BCUT2D eigenvalue weighted by Crippen LogP contribution is -2.30. The van der Waals surface area contributed by atoms with Gasteiger partial charge in [0.25, 0.3) is 15.9 Å². The first-order valence-electron chi connectivity index (χ1n) is 9.90. The van der Waals surface area contributed by atoms with Gasteiger partial charge < -0.3 is 14.8 Å². The standard InChI is InChI=1S/C23H21N3O6S2/c1-15(21(27)25-22-17(14-24)12-13-33-22)32-23(28)16-8-10-18(11-9-16)34(29,30)26(2)19-6-4-5-7-20(19)31-3/h4-13,15H,1-3H3,(H,25,27). The van der Waals surface area contributed by atoms with Crippen molar-refractivity contribution in [3.05, 3.63) is 71.1 Å². The topological polar surface area (TPSA) is 126 Å². The van der Waals surface area contributed by atoms with Gasteiger partial charge in [0.2, 0.25) is 0 Å². The Labute approximate surface area is 201 Å². The van der Waals surface area contributed by atoms with Crippen molar-refractivity contribution in [1.82, 2.24) is 0 Å². The van der Waals surface area contributed by atoms with Gasteiger partial charge in [-0.3, -0.25) is 9.10 Å². The molecule has 1 atom stereocenters. The molecule has 0 fully saturated rings. The molecule has 0 saturated carbocycles. The number of rotatable bonds is 8. The fourth-order valence-electron chi connectivity index (χ4n) is 2.93. The van der Waals surface area contributed by atoms with E-state index in [-0.39, 0.29) is 10.5 Å². The lowest BCUT2D eigenvalue weighted by atomic mass is 10.2. The molecule has 3 aromatic rings. The van der Waals surface area contributed by atoms with E-state index >= 15 is 0 Å². The Morgan fingerprint density at radius 2 is 1.79 bits per heavy atom. The number of ether oxygens (including phenoxy) is 2. The summed E-state index contributed by atoms with van der Waals surface area (Å²) in [4.78, 5) is 24.7. The smallest absolute Gasteiger partial charge is 0.338 e. The second-order valence-electron chi connectivity index (χ2n) is 6.98. The Morgan fingerprint density at radius 1 is 1.12 bits per heavy atom. The first-order valence-corrected chi connectivity index (χ1v) is 12.2. The number of para-hydroxylation sites is 2. The third-order valence-corrected chi connectivity index (χ3v) is 7.46. The summed E-state index contributed by atoms with van der Waals surface area (Å²) in [6.45, 7) is 1.40. The number of esters is 1. The van der Waals surface area contributed by atoms with E-state index in [9.17, 15) is 18.0 Å². The van der Waals surface area contributed by atoms with Gasteiger partial charge >= 0.3 is 5.97 Å². The number of hydrogen-bond acceptors (Lipinski definition) is 8. The minimum absolute atomic E-state index is 0.0371. The molecule has 2 aromatic carbocycles. The molecule has 0 saturated heterocycles. The lowest BCUT2D eigenvalue weighted by Gasteiger charge is -2.21. The van der Waals surface area contributed by atoms with Gasteiger partial charge in [0, 0.05) is 7.05 Å². The van der Waals surface area contributed by atoms with Crippen LogP contribution in [0.25, 0.3) is 0 Å². The first kappa shape index (κ1) is 24.8. The third-order valence-electron chi connectivity index (χ3n) is 4.85. The molecular formula is C23H21N3O6S2. The summed E-state index contributed by atoms with van der Waals surface area (Å²) in [7, 11) is -1.08. The molecule has 3 rings (SSSR count). The maximum Gasteiger partial charge on any atom is 0.338 e. The average Bonchev–Trinajstić information content (AvgIpc) is 3.30. The van der Waals surface area contributed by atoms with Crippen LogP contribution in [0.15, 0.2) is 64.9 Å². The minimum atomic E-state index is -3.93. The van der Waals surface area contributed by atoms with Crippen LogP contribution in [0.1, 0.15) is 22.8 Å². The van der Waals surface area contributed by atoms with E-state index in [1.807, 2.05) is 6.07 Å². The van der Waals surface area contributed by atoms with Gasteiger partial charge in [-0.15, -0.1) is 11.3 Å². The van der Waals surface area contributed by atoms with E-state index in [4.69, 9.17) is 14.7 Å². The van der Waals surface area contributed by atoms with Crippen molar-refractivity contribution < 1.29 is 27.5 Å². The predicted molar refractivity (Wildman–Crippen MR) is 128 cm³/mol. The van der Waals surface area contributed by atoms with Crippen LogP contribution in [0.3, 0.4) is 0 Å². The number of benzene rings is 2. The van der Waals surface area contributed by atoms with Crippen molar-refractivity contribution in [2.24, 2.45) is 0 Å². The molecule has 1 N–H and O–H groups in total. The van der Waals surface area contributed by atoms with Crippen LogP contribution in [0.4, 0.5) is 10.7 Å². The largest absolute Gasteiger partial charge is 0.495 e. The van der Waals surface area contributed by atoms with Gasteiger partial charge in [0.15, 0.2) is 6.10 Å². The molecule has 0 bridgehead atoms. The molecule has 0 spiro atoms. The Morgan fingerprint density at radius 3 is 2.44 bits per heavy atom. The molecule has 1 aromatic heterocycles. The highest BCUT2D eigenvalue weighted by Gasteiger charge is 2.25. The number of carbonyl (C=O) groups excluding carboxylic acids is 2. The number of sulfonamides is 1. The SMILES string of the molecule is COc1ccccc1N(C)S(=O)(=O)c1ccc(C(=O)OC(C)C(=O)Nc2sccc2C#N)cc1. The highest BCUT2D eigenvalue weighted by Crippen LogP contribution is 2.31. The van der Waals surface area contributed by atoms with Gasteiger partial charge in [-0.2, -0.15) is 5.26 Å². The number of hydrogen-bond donors (Lipinski definition) is 1. The summed E-state index contributed by atoms with van der Waals surface area (Å²) in [5.41, 5.74) is 0.748. The summed E-state index contributed by atoms with van der Waals surface area (Å²) in [5, 5.41) is 13.6. The molecule has 0 aliphatic heterocycles. The van der Waals surface area contributed by atoms with Crippen molar-refractivity contribution in [1.29, 1.82) is 5.26 Å². The zero-order valence-electron chi connectivity index (χ0n) is 18.5. The van der Waals surface area contributed by atoms with Crippen molar-refractivity contribution in [2.45, 2.75) is 17.9 Å². The predicted octanol–water partition coefficient (Wildman–Crippen LogP) is 3.64. The highest BCUT2D eigenvalue weighted by molar-refractivity contribution is 7.92. The van der Waals surface area contributed by atoms with Crippen LogP contribution in [-0.2, 0) is 19.6 Å². The zero-order chi connectivity index (χ0) is 24.9. The van der Waals surface area contributed by atoms with E-state index in [0.29, 0.717) is 22.0 Å². The van der Waals surface area contributed by atoms with E-state index in [0.717, 1.165) is 4.31 Å². The summed E-state index contributed by atoms with van der Waals surface area (Å²) >= 11 is 1.18. The Hall–Kier alpha value is -3.88. The Bertz CT molecular complexity index is 1340. The van der Waals surface area contributed by atoms with E-state index in [1.165, 1.54) is 56.7 Å². The number of methoxy groups -OCH3 is 1. The molecule has 0 aliphatic rings. The maximum absolute atomic E-state index is 13.0. The molecule has 1 heterocycles. The van der Waals surface area contributed by atoms with Crippen LogP contribution in [0, 0.1) is 11.3 Å². The quantitative estimate of drug-likeness (QED) is 0.469. The summed E-state index contributed by atoms with van der Waals surface area (Å²) in [5.74, 6) is -0.994. The molecule has 9 nitrogen and oxygen atoms in total. The second kappa shape index (κ2) is 10.4. The fraction of sp³-hybridized carbons (Fsp3) is 0.174. The lowest BCUT2D eigenvalue weighted by molar-refractivity contribution is -0.123. The Kier molecular flexibility index (Phi) is 7.55. The molecule has 11 heteroatoms. The average molecular weight is 500 g/mol. The summed E-state index contributed by atoms with van der Waals surface area (Å²) in [6.07, 6.45) is -1.14. The van der Waals surface area contributed by atoms with Gasteiger partial charge in [-0.1, -0.05) is 12.1 Å². The van der Waals surface area contributed by atoms with Crippen LogP contribution >= 0.6 is 11.3 Å². The van der Waals surface area contributed by atoms with E-state index in [2.05, 4.69) is 5.32 Å². The Balaban J connectivity index is 1.70. The van der Waals surface area contributed by atoms with Crippen LogP contribution in [0.2, 0.25) is 0 Å². The summed E-state index contributed by atoms with van der Waals surface area (Å²) < 4.78 is 37.6. The van der Waals surface area contributed by atoms with Crippen LogP contribution in [-0.4, -0.2) is 40.6 Å². The molecule has 0 radical (unpaired) electrons. The van der Waals surface area contributed by atoms with Gasteiger partial charge in [-0.25, -0.2) is 13.2 Å². The van der Waals surface area contributed by atoms with Crippen LogP contribution in [0.5, 0.6) is 5.75 Å². The fourth-order valence-corrected chi connectivity index (χ4v) is 4.88. The van der Waals surface area contributed by atoms with E-state index < -0.39 is 28.0 Å². The zero-order valence-corrected chi connectivity index (χ0v) is 20.1.